The Balaban J connectivity index is 2.46. The van der Waals surface area contributed by atoms with E-state index in [1.807, 2.05) is 44.2 Å². The number of ether oxygens (including phenoxy) is 1. The van der Waals surface area contributed by atoms with E-state index in [0.717, 1.165) is 16.9 Å². The number of Topliss-reactive ketones (excluding diaryl/α,β-unsaturated/α-hetero) is 1. The Morgan fingerprint density at radius 2 is 1.90 bits per heavy atom. The Hall–Kier alpha value is -2.36. The summed E-state index contributed by atoms with van der Waals surface area (Å²) in [4.78, 5) is 23.7. The quantitative estimate of drug-likeness (QED) is 0.869. The molecule has 0 aromatic heterocycles. The van der Waals surface area contributed by atoms with Crippen LogP contribution in [0.25, 0.3) is 0 Å². The maximum absolute atomic E-state index is 12.4. The lowest BCUT2D eigenvalue weighted by Crippen LogP contribution is -2.23. The van der Waals surface area contributed by atoms with Crippen molar-refractivity contribution in [3.8, 4) is 5.75 Å². The summed E-state index contributed by atoms with van der Waals surface area (Å²) >= 11 is 0. The molecule has 1 aromatic carbocycles. The molecule has 0 aliphatic heterocycles. The summed E-state index contributed by atoms with van der Waals surface area (Å²) in [5.41, 5.74) is 2.97. The molecule has 1 unspecified atom stereocenters. The molecule has 1 aromatic rings. The zero-order chi connectivity index (χ0) is 15.6. The minimum Gasteiger partial charge on any atom is -0.497 e. The Kier molecular flexibility index (Phi) is 4.26. The van der Waals surface area contributed by atoms with E-state index in [9.17, 15) is 9.59 Å². The van der Waals surface area contributed by atoms with Crippen LogP contribution in [0.1, 0.15) is 32.3 Å². The highest BCUT2D eigenvalue weighted by Gasteiger charge is 2.35. The summed E-state index contributed by atoms with van der Waals surface area (Å²) in [6.07, 6.45) is 1.82. The van der Waals surface area contributed by atoms with Gasteiger partial charge in [-0.15, -0.1) is 0 Å². The smallest absolute Gasteiger partial charge is 0.221 e. The van der Waals surface area contributed by atoms with E-state index in [4.69, 9.17) is 4.74 Å². The van der Waals surface area contributed by atoms with Gasteiger partial charge in [-0.1, -0.05) is 18.2 Å². The molecule has 2 rings (SSSR count). The van der Waals surface area contributed by atoms with E-state index in [1.165, 1.54) is 6.92 Å². The van der Waals surface area contributed by atoms with Crippen molar-refractivity contribution in [3.05, 3.63) is 52.7 Å². The van der Waals surface area contributed by atoms with Gasteiger partial charge in [0.25, 0.3) is 0 Å². The molecule has 0 fully saturated rings. The van der Waals surface area contributed by atoms with Gasteiger partial charge >= 0.3 is 0 Å². The average molecular weight is 285 g/mol. The summed E-state index contributed by atoms with van der Waals surface area (Å²) < 4.78 is 5.16. The molecule has 0 bridgehead atoms. The number of carbonyl (C=O) groups excluding carboxylic acids is 2. The van der Waals surface area contributed by atoms with Crippen LogP contribution in [0.2, 0.25) is 0 Å². The topological polar surface area (TPSA) is 55.4 Å². The summed E-state index contributed by atoms with van der Waals surface area (Å²) in [6, 6.07) is 7.63. The van der Waals surface area contributed by atoms with E-state index in [1.54, 1.807) is 7.11 Å². The maximum Gasteiger partial charge on any atom is 0.221 e. The van der Waals surface area contributed by atoms with Gasteiger partial charge in [-0.2, -0.15) is 0 Å². The fourth-order valence-electron chi connectivity index (χ4n) is 2.69. The number of ketones is 1. The van der Waals surface area contributed by atoms with Gasteiger partial charge in [-0.25, -0.2) is 0 Å². The number of allylic oxidation sites excluding steroid dienone is 3. The fourth-order valence-corrected chi connectivity index (χ4v) is 2.69. The molecule has 4 heteroatoms. The van der Waals surface area contributed by atoms with Crippen LogP contribution in [0.5, 0.6) is 5.75 Å². The Bertz CT molecular complexity index is 639. The zero-order valence-corrected chi connectivity index (χ0v) is 12.7. The van der Waals surface area contributed by atoms with Gasteiger partial charge < -0.3 is 10.1 Å². The maximum atomic E-state index is 12.4. The number of hydrogen-bond acceptors (Lipinski definition) is 3. The molecule has 21 heavy (non-hydrogen) atoms. The van der Waals surface area contributed by atoms with E-state index in [-0.39, 0.29) is 17.6 Å². The molecular weight excluding hydrogens is 266 g/mol. The second-order valence-corrected chi connectivity index (χ2v) is 5.02. The number of amides is 1. The minimum absolute atomic E-state index is 0.106. The van der Waals surface area contributed by atoms with E-state index < -0.39 is 0 Å². The molecular formula is C17H19NO3. The zero-order valence-electron chi connectivity index (χ0n) is 12.7. The second kappa shape index (κ2) is 5.95. The monoisotopic (exact) mass is 285 g/mol. The van der Waals surface area contributed by atoms with Gasteiger partial charge in [0.1, 0.15) is 5.75 Å². The summed E-state index contributed by atoms with van der Waals surface area (Å²) in [6.45, 7) is 5.13. The Labute approximate surface area is 124 Å². The minimum atomic E-state index is -0.233. The van der Waals surface area contributed by atoms with Crippen LogP contribution in [0.15, 0.2) is 47.2 Å². The van der Waals surface area contributed by atoms with Crippen molar-refractivity contribution in [2.45, 2.75) is 26.7 Å². The third-order valence-electron chi connectivity index (χ3n) is 3.69. The highest BCUT2D eigenvalue weighted by atomic mass is 16.5. The highest BCUT2D eigenvalue weighted by molar-refractivity contribution is 6.14. The van der Waals surface area contributed by atoms with Gasteiger partial charge in [0.2, 0.25) is 11.7 Å². The van der Waals surface area contributed by atoms with Crippen LogP contribution >= 0.6 is 0 Å². The number of hydrogen-bond donors (Lipinski definition) is 1. The van der Waals surface area contributed by atoms with Crippen LogP contribution in [0.4, 0.5) is 0 Å². The molecule has 1 N–H and O–H groups in total. The standard InChI is InChI=1S/C17H19NO3/c1-5-14-15(12-6-8-13(21-4)9-7-12)10(2)16(17(14)20)18-11(3)19/h5-9,15H,1-4H3,(H,18,19)/b14-5+. The van der Waals surface area contributed by atoms with Crippen LogP contribution in [-0.4, -0.2) is 18.8 Å². The van der Waals surface area contributed by atoms with Crippen molar-refractivity contribution >= 4 is 11.7 Å². The predicted molar refractivity (Wildman–Crippen MR) is 81.0 cm³/mol. The first-order chi connectivity index (χ1) is 9.99. The molecule has 1 atom stereocenters. The number of benzene rings is 1. The van der Waals surface area contributed by atoms with Gasteiger partial charge in [-0.3, -0.25) is 9.59 Å². The highest BCUT2D eigenvalue weighted by Crippen LogP contribution is 2.40. The first kappa shape index (κ1) is 15.0. The number of carbonyl (C=O) groups is 2. The van der Waals surface area contributed by atoms with E-state index in [2.05, 4.69) is 5.32 Å². The average Bonchev–Trinajstić information content (AvgIpc) is 2.71. The molecule has 0 heterocycles. The summed E-state index contributed by atoms with van der Waals surface area (Å²) in [7, 11) is 1.62. The van der Waals surface area contributed by atoms with Gasteiger partial charge in [0, 0.05) is 18.4 Å². The molecule has 0 saturated heterocycles. The Morgan fingerprint density at radius 3 is 2.38 bits per heavy atom. The largest absolute Gasteiger partial charge is 0.497 e. The SMILES string of the molecule is C/C=C1/C(=O)C(NC(C)=O)=C(C)C1c1ccc(OC)cc1. The van der Waals surface area contributed by atoms with E-state index in [0.29, 0.717) is 11.3 Å². The Morgan fingerprint density at radius 1 is 1.29 bits per heavy atom. The fraction of sp³-hybridized carbons (Fsp3) is 0.294. The lowest BCUT2D eigenvalue weighted by molar-refractivity contribution is -0.120. The second-order valence-electron chi connectivity index (χ2n) is 5.02. The first-order valence-electron chi connectivity index (χ1n) is 6.82. The first-order valence-corrected chi connectivity index (χ1v) is 6.82. The van der Waals surface area contributed by atoms with Crippen LogP contribution < -0.4 is 10.1 Å². The van der Waals surface area contributed by atoms with Crippen LogP contribution in [-0.2, 0) is 9.59 Å². The third-order valence-corrected chi connectivity index (χ3v) is 3.69. The van der Waals surface area contributed by atoms with Crippen LogP contribution in [0.3, 0.4) is 0 Å². The van der Waals surface area contributed by atoms with Crippen molar-refractivity contribution in [1.82, 2.24) is 5.32 Å². The lowest BCUT2D eigenvalue weighted by atomic mass is 9.89. The van der Waals surface area contributed by atoms with Crippen molar-refractivity contribution in [3.63, 3.8) is 0 Å². The van der Waals surface area contributed by atoms with Crippen molar-refractivity contribution in [1.29, 1.82) is 0 Å². The molecule has 0 saturated carbocycles. The number of methoxy groups -OCH3 is 1. The lowest BCUT2D eigenvalue weighted by Gasteiger charge is -2.14. The molecule has 0 spiro atoms. The van der Waals surface area contributed by atoms with Crippen molar-refractivity contribution in [2.24, 2.45) is 0 Å². The number of rotatable bonds is 3. The molecule has 110 valence electrons. The number of nitrogens with one attached hydrogen (secondary N) is 1. The van der Waals surface area contributed by atoms with Crippen molar-refractivity contribution in [2.75, 3.05) is 7.11 Å². The van der Waals surface area contributed by atoms with Crippen LogP contribution in [0, 0.1) is 0 Å². The molecule has 1 amide bonds. The molecule has 1 aliphatic rings. The van der Waals surface area contributed by atoms with Crippen molar-refractivity contribution < 1.29 is 14.3 Å². The predicted octanol–water partition coefficient (Wildman–Crippen LogP) is 2.72. The summed E-state index contributed by atoms with van der Waals surface area (Å²) in [5, 5.41) is 2.65. The van der Waals surface area contributed by atoms with Gasteiger partial charge in [-0.05, 0) is 37.1 Å². The molecule has 4 nitrogen and oxygen atoms in total. The van der Waals surface area contributed by atoms with Gasteiger partial charge in [0.15, 0.2) is 0 Å². The third kappa shape index (κ3) is 2.75. The molecule has 1 aliphatic carbocycles. The summed E-state index contributed by atoms with van der Waals surface area (Å²) in [5.74, 6) is 0.318. The molecule has 0 radical (unpaired) electrons. The normalized spacial score (nSPS) is 20.1. The van der Waals surface area contributed by atoms with Gasteiger partial charge in [0.05, 0.1) is 12.8 Å². The van der Waals surface area contributed by atoms with E-state index >= 15 is 0 Å².